The molecule has 1 heterocycles. The van der Waals surface area contributed by atoms with Gasteiger partial charge in [-0.2, -0.15) is 0 Å². The lowest BCUT2D eigenvalue weighted by molar-refractivity contribution is -0.120. The number of pyridine rings is 1. The normalized spacial score (nSPS) is 10.2. The highest BCUT2D eigenvalue weighted by atomic mass is 16.4. The maximum Gasteiger partial charge on any atom is 0.339 e. The van der Waals surface area contributed by atoms with Crippen molar-refractivity contribution in [3.8, 4) is 0 Å². The number of carboxylic acid groups (broad SMARTS) is 1. The largest absolute Gasteiger partial charge is 0.478 e. The Bertz CT molecular complexity index is 655. The van der Waals surface area contributed by atoms with Crippen LogP contribution in [0.3, 0.4) is 0 Å². The summed E-state index contributed by atoms with van der Waals surface area (Å²) in [6, 6.07) is 7.27. The van der Waals surface area contributed by atoms with Crippen LogP contribution in [0.5, 0.6) is 0 Å². The molecule has 0 aliphatic carbocycles. The first kappa shape index (κ1) is 13.8. The molecule has 0 spiro atoms. The van der Waals surface area contributed by atoms with Crippen LogP contribution in [0.2, 0.25) is 0 Å². The van der Waals surface area contributed by atoms with Crippen LogP contribution in [0.4, 0.5) is 5.69 Å². The first-order chi connectivity index (χ1) is 9.63. The summed E-state index contributed by atoms with van der Waals surface area (Å²) in [5, 5.41) is 15.5. The van der Waals surface area contributed by atoms with Gasteiger partial charge in [-0.1, -0.05) is 18.2 Å². The fraction of sp³-hybridized carbons (Fsp3) is 0.214. The van der Waals surface area contributed by atoms with Gasteiger partial charge >= 0.3 is 5.97 Å². The van der Waals surface area contributed by atoms with Crippen molar-refractivity contribution in [3.63, 3.8) is 0 Å². The summed E-state index contributed by atoms with van der Waals surface area (Å²) in [6.45, 7) is 0.355. The summed E-state index contributed by atoms with van der Waals surface area (Å²) in [5.74, 6) is -1.15. The van der Waals surface area contributed by atoms with Crippen molar-refractivity contribution < 1.29 is 14.7 Å². The molecule has 0 saturated heterocycles. The number of carbonyl (C=O) groups is 2. The molecule has 0 saturated carbocycles. The zero-order valence-electron chi connectivity index (χ0n) is 11.0. The number of benzene rings is 1. The van der Waals surface area contributed by atoms with Gasteiger partial charge in [0.1, 0.15) is 5.56 Å². The lowest BCUT2D eigenvalue weighted by Gasteiger charge is -2.12. The molecule has 2 aromatic rings. The highest BCUT2D eigenvalue weighted by Crippen LogP contribution is 2.25. The van der Waals surface area contributed by atoms with Gasteiger partial charge in [-0.05, 0) is 6.07 Å². The molecule has 1 aromatic heterocycles. The molecule has 0 unspecified atom stereocenters. The van der Waals surface area contributed by atoms with Crippen LogP contribution in [-0.2, 0) is 4.79 Å². The summed E-state index contributed by atoms with van der Waals surface area (Å²) in [7, 11) is 1.56. The molecule has 3 N–H and O–H groups in total. The number of nitrogens with one attached hydrogen (secondary N) is 2. The molecule has 1 amide bonds. The van der Waals surface area contributed by atoms with E-state index in [0.717, 1.165) is 5.39 Å². The minimum absolute atomic E-state index is 0.0978. The Morgan fingerprint density at radius 2 is 2.05 bits per heavy atom. The zero-order valence-corrected chi connectivity index (χ0v) is 11.0. The third-order valence-corrected chi connectivity index (χ3v) is 2.94. The monoisotopic (exact) mass is 273 g/mol. The smallest absolute Gasteiger partial charge is 0.339 e. The third kappa shape index (κ3) is 2.85. The molecule has 0 bridgehead atoms. The van der Waals surface area contributed by atoms with E-state index in [1.54, 1.807) is 13.1 Å². The van der Waals surface area contributed by atoms with Crippen LogP contribution >= 0.6 is 0 Å². The van der Waals surface area contributed by atoms with Gasteiger partial charge in [-0.25, -0.2) is 4.79 Å². The van der Waals surface area contributed by atoms with Gasteiger partial charge in [0.05, 0.1) is 11.2 Å². The summed E-state index contributed by atoms with van der Waals surface area (Å²) < 4.78 is 0. The Morgan fingerprint density at radius 3 is 2.75 bits per heavy atom. The maximum absolute atomic E-state index is 11.3. The quantitative estimate of drug-likeness (QED) is 0.767. The molecule has 0 aliphatic heterocycles. The number of carboxylic acids is 1. The number of para-hydroxylation sites is 1. The van der Waals surface area contributed by atoms with Gasteiger partial charge in [-0.3, -0.25) is 9.78 Å². The number of aromatic carboxylic acids is 1. The van der Waals surface area contributed by atoms with E-state index in [0.29, 0.717) is 17.7 Å². The number of amides is 1. The molecule has 20 heavy (non-hydrogen) atoms. The molecule has 2 rings (SSSR count). The van der Waals surface area contributed by atoms with Crippen molar-refractivity contribution in [2.75, 3.05) is 18.9 Å². The number of fused-ring (bicyclic) bond motifs is 1. The standard InChI is InChI=1S/C14H15N3O3/c1-15-12(18)6-7-16-13-9-4-2-3-5-11(9)17-8-10(13)14(19)20/h2-5,8H,6-7H2,1H3,(H,15,18)(H,16,17)(H,19,20). The van der Waals surface area contributed by atoms with Crippen LogP contribution in [0.1, 0.15) is 16.8 Å². The minimum Gasteiger partial charge on any atom is -0.478 e. The number of hydrogen-bond acceptors (Lipinski definition) is 4. The number of carbonyl (C=O) groups excluding carboxylic acids is 1. The number of anilines is 1. The fourth-order valence-electron chi connectivity index (χ4n) is 1.92. The third-order valence-electron chi connectivity index (χ3n) is 2.94. The summed E-state index contributed by atoms with van der Waals surface area (Å²) >= 11 is 0. The number of aromatic nitrogens is 1. The molecule has 0 fully saturated rings. The van der Waals surface area contributed by atoms with Gasteiger partial charge in [0.15, 0.2) is 0 Å². The zero-order chi connectivity index (χ0) is 14.5. The van der Waals surface area contributed by atoms with E-state index < -0.39 is 5.97 Å². The number of rotatable bonds is 5. The lowest BCUT2D eigenvalue weighted by atomic mass is 10.1. The van der Waals surface area contributed by atoms with Crippen LogP contribution in [0, 0.1) is 0 Å². The Labute approximate surface area is 115 Å². The molecule has 0 atom stereocenters. The Hall–Kier alpha value is -2.63. The van der Waals surface area contributed by atoms with Crippen LogP contribution in [-0.4, -0.2) is 35.6 Å². The van der Waals surface area contributed by atoms with Crippen molar-refractivity contribution in [2.45, 2.75) is 6.42 Å². The predicted octanol–water partition coefficient (Wildman–Crippen LogP) is 1.48. The first-order valence-electron chi connectivity index (χ1n) is 6.19. The predicted molar refractivity (Wildman–Crippen MR) is 75.9 cm³/mol. The van der Waals surface area contributed by atoms with Gasteiger partial charge in [0.25, 0.3) is 0 Å². The van der Waals surface area contributed by atoms with E-state index in [1.165, 1.54) is 6.20 Å². The average molecular weight is 273 g/mol. The minimum atomic E-state index is -1.05. The Morgan fingerprint density at radius 1 is 1.30 bits per heavy atom. The van der Waals surface area contributed by atoms with Gasteiger partial charge in [0, 0.05) is 31.6 Å². The van der Waals surface area contributed by atoms with Crippen molar-refractivity contribution >= 4 is 28.5 Å². The van der Waals surface area contributed by atoms with Crippen molar-refractivity contribution in [2.24, 2.45) is 0 Å². The molecular formula is C14H15N3O3. The molecule has 1 aromatic carbocycles. The number of hydrogen-bond donors (Lipinski definition) is 3. The van der Waals surface area contributed by atoms with Gasteiger partial charge in [-0.15, -0.1) is 0 Å². The van der Waals surface area contributed by atoms with Crippen molar-refractivity contribution in [1.29, 1.82) is 0 Å². The molecule has 104 valence electrons. The highest BCUT2D eigenvalue weighted by Gasteiger charge is 2.14. The first-order valence-corrected chi connectivity index (χ1v) is 6.19. The molecule has 0 aliphatic rings. The summed E-state index contributed by atoms with van der Waals surface area (Å²) in [6.07, 6.45) is 1.60. The SMILES string of the molecule is CNC(=O)CCNc1c(C(=O)O)cnc2ccccc12. The van der Waals surface area contributed by atoms with E-state index in [1.807, 2.05) is 18.2 Å². The van der Waals surface area contributed by atoms with E-state index in [4.69, 9.17) is 0 Å². The second-order valence-corrected chi connectivity index (χ2v) is 4.22. The lowest BCUT2D eigenvalue weighted by Crippen LogP contribution is -2.21. The molecule has 6 nitrogen and oxygen atoms in total. The van der Waals surface area contributed by atoms with E-state index in [-0.39, 0.29) is 17.9 Å². The summed E-state index contributed by atoms with van der Waals surface area (Å²) in [4.78, 5) is 26.6. The maximum atomic E-state index is 11.3. The van der Waals surface area contributed by atoms with Crippen LogP contribution < -0.4 is 10.6 Å². The second kappa shape index (κ2) is 6.01. The topological polar surface area (TPSA) is 91.3 Å². The molecule has 0 radical (unpaired) electrons. The van der Waals surface area contributed by atoms with E-state index in [2.05, 4.69) is 15.6 Å². The van der Waals surface area contributed by atoms with Crippen LogP contribution in [0.25, 0.3) is 10.9 Å². The van der Waals surface area contributed by atoms with E-state index >= 15 is 0 Å². The van der Waals surface area contributed by atoms with E-state index in [9.17, 15) is 14.7 Å². The van der Waals surface area contributed by atoms with Gasteiger partial charge in [0.2, 0.25) is 5.91 Å². The van der Waals surface area contributed by atoms with Gasteiger partial charge < -0.3 is 15.7 Å². The highest BCUT2D eigenvalue weighted by molar-refractivity contribution is 6.04. The molecule has 6 heteroatoms. The Kier molecular flexibility index (Phi) is 4.14. The fourth-order valence-corrected chi connectivity index (χ4v) is 1.92. The molecular weight excluding hydrogens is 258 g/mol. The Balaban J connectivity index is 2.34. The average Bonchev–Trinajstić information content (AvgIpc) is 2.46. The van der Waals surface area contributed by atoms with Crippen molar-refractivity contribution in [1.82, 2.24) is 10.3 Å². The van der Waals surface area contributed by atoms with Crippen molar-refractivity contribution in [3.05, 3.63) is 36.0 Å². The second-order valence-electron chi connectivity index (χ2n) is 4.22. The summed E-state index contributed by atoms with van der Waals surface area (Å²) in [5.41, 5.74) is 1.30. The number of nitrogens with zero attached hydrogens (tertiary/aromatic N) is 1. The van der Waals surface area contributed by atoms with Crippen LogP contribution in [0.15, 0.2) is 30.5 Å².